The number of aliphatic imine (C=N–C) groups is 6. The second-order valence-corrected chi connectivity index (χ2v) is 3.76. The Kier molecular flexibility index (Phi) is 32.0. The maximum atomic E-state index is 3.85. The van der Waals surface area contributed by atoms with Crippen molar-refractivity contribution in [1.29, 1.82) is 0 Å². The van der Waals surface area contributed by atoms with E-state index < -0.39 is 0 Å². The second kappa shape index (κ2) is 24.6. The van der Waals surface area contributed by atoms with Gasteiger partial charge in [-0.1, -0.05) is 0 Å². The van der Waals surface area contributed by atoms with E-state index in [1.807, 2.05) is 20.8 Å². The molecule has 0 saturated carbocycles. The molecule has 0 saturated heterocycles. The molecule has 0 amide bonds. The van der Waals surface area contributed by atoms with Crippen LogP contribution in [0.25, 0.3) is 0 Å². The molecular weight excluding hydrogens is 320 g/mol. The molecule has 0 heterocycles. The van der Waals surface area contributed by atoms with Gasteiger partial charge in [-0.25, -0.2) is 0 Å². The zero-order valence-corrected chi connectivity index (χ0v) is 16.4. The van der Waals surface area contributed by atoms with Crippen LogP contribution in [0.15, 0.2) is 30.0 Å². The molecule has 0 unspecified atom stereocenters. The summed E-state index contributed by atoms with van der Waals surface area (Å²) in [5, 5.41) is 0. The van der Waals surface area contributed by atoms with E-state index in [1.165, 1.54) is 0 Å². The fraction of sp³-hybridized carbons (Fsp3) is 0.600. The molecule has 0 atom stereocenters. The van der Waals surface area contributed by atoms with Crippen molar-refractivity contribution in [1.82, 2.24) is 0 Å². The van der Waals surface area contributed by atoms with Crippen molar-refractivity contribution in [3.05, 3.63) is 0 Å². The van der Waals surface area contributed by atoms with E-state index in [-0.39, 0.29) is 17.1 Å². The summed E-state index contributed by atoms with van der Waals surface area (Å²) in [5.41, 5.74) is 2.88. The predicted octanol–water partition coefficient (Wildman–Crippen LogP) is 2.33. The third kappa shape index (κ3) is 31.1. The van der Waals surface area contributed by atoms with Crippen molar-refractivity contribution in [3.63, 3.8) is 0 Å². The first-order valence-electron chi connectivity index (χ1n) is 6.49. The van der Waals surface area contributed by atoms with Crippen LogP contribution >= 0.6 is 0 Å². The molecule has 0 aliphatic heterocycles. The number of nitrogens with zero attached hydrogens (tertiary/aromatic N) is 6. The van der Waals surface area contributed by atoms with Gasteiger partial charge < -0.3 is 0 Å². The maximum absolute atomic E-state index is 3.85. The summed E-state index contributed by atoms with van der Waals surface area (Å²) in [6, 6.07) is 0. The van der Waals surface area contributed by atoms with Gasteiger partial charge in [0.15, 0.2) is 0 Å². The van der Waals surface area contributed by atoms with Gasteiger partial charge in [0, 0.05) is 95.1 Å². The molecule has 0 aliphatic carbocycles. The van der Waals surface area contributed by atoms with Crippen LogP contribution in [0.3, 0.4) is 0 Å². The molecule has 0 aromatic carbocycles. The predicted molar refractivity (Wildman–Crippen MR) is 100 cm³/mol. The Hall–Kier alpha value is -1.46. The zero-order chi connectivity index (χ0) is 17.1. The van der Waals surface area contributed by atoms with Crippen LogP contribution in [-0.2, 0) is 17.1 Å². The quantitative estimate of drug-likeness (QED) is 0.554. The minimum atomic E-state index is 0. The second-order valence-electron chi connectivity index (χ2n) is 3.76. The van der Waals surface area contributed by atoms with Gasteiger partial charge in [-0.2, -0.15) is 0 Å². The van der Waals surface area contributed by atoms with Crippen LogP contribution in [0.2, 0.25) is 0 Å². The summed E-state index contributed by atoms with van der Waals surface area (Å²) in [6.45, 7) is 5.73. The van der Waals surface area contributed by atoms with Gasteiger partial charge in [0.05, 0.1) is 0 Å². The van der Waals surface area contributed by atoms with Crippen molar-refractivity contribution < 1.29 is 17.1 Å². The standard InChI is InChI=1S/3C5H10N2.Fe/c3*1-5(7-3)4-6-2;/h3*4H,1-3H3;. The molecule has 0 N–H and O–H groups in total. The van der Waals surface area contributed by atoms with E-state index in [1.54, 1.807) is 60.9 Å². The molecule has 7 heteroatoms. The summed E-state index contributed by atoms with van der Waals surface area (Å²) in [6.07, 6.45) is 5.17. The van der Waals surface area contributed by atoms with E-state index in [4.69, 9.17) is 0 Å². The van der Waals surface area contributed by atoms with Gasteiger partial charge in [-0.15, -0.1) is 0 Å². The van der Waals surface area contributed by atoms with Crippen molar-refractivity contribution in [2.45, 2.75) is 20.8 Å². The van der Waals surface area contributed by atoms with Crippen LogP contribution in [0.5, 0.6) is 0 Å². The largest absolute Gasteiger partial charge is 0.295 e. The monoisotopic (exact) mass is 350 g/mol. The summed E-state index contributed by atoms with van der Waals surface area (Å²) in [4.78, 5) is 22.8. The smallest absolute Gasteiger partial charge is 0.0491 e. The van der Waals surface area contributed by atoms with Gasteiger partial charge in [0.2, 0.25) is 0 Å². The SMILES string of the molecule is CN=CC(C)=NC.CN=CC(C)=NC.CN=CC(C)=NC.[Fe]. The molecule has 0 bridgehead atoms. The first-order valence-corrected chi connectivity index (χ1v) is 6.49. The average molecular weight is 350 g/mol. The van der Waals surface area contributed by atoms with Crippen LogP contribution in [0.1, 0.15) is 20.8 Å². The summed E-state index contributed by atoms with van der Waals surface area (Å²) in [5.74, 6) is 0. The van der Waals surface area contributed by atoms with Crippen LogP contribution in [0.4, 0.5) is 0 Å². The van der Waals surface area contributed by atoms with Crippen molar-refractivity contribution >= 4 is 35.8 Å². The summed E-state index contributed by atoms with van der Waals surface area (Å²) >= 11 is 0. The molecule has 0 fully saturated rings. The first kappa shape index (κ1) is 28.7. The van der Waals surface area contributed by atoms with Crippen molar-refractivity contribution in [3.8, 4) is 0 Å². The van der Waals surface area contributed by atoms with E-state index in [2.05, 4.69) is 30.0 Å². The third-order valence-electron chi connectivity index (χ3n) is 2.01. The van der Waals surface area contributed by atoms with Crippen molar-refractivity contribution in [2.75, 3.05) is 42.3 Å². The minimum absolute atomic E-state index is 0. The molecule has 0 spiro atoms. The summed E-state index contributed by atoms with van der Waals surface area (Å²) < 4.78 is 0. The van der Waals surface area contributed by atoms with Crippen molar-refractivity contribution in [2.24, 2.45) is 30.0 Å². The Morgan fingerprint density at radius 1 is 0.500 bits per heavy atom. The van der Waals surface area contributed by atoms with Gasteiger partial charge in [0.25, 0.3) is 0 Å². The van der Waals surface area contributed by atoms with E-state index in [9.17, 15) is 0 Å². The Morgan fingerprint density at radius 3 is 0.727 bits per heavy atom. The van der Waals surface area contributed by atoms with Gasteiger partial charge in [0.1, 0.15) is 0 Å². The fourth-order valence-electron chi connectivity index (χ4n) is 0.734. The van der Waals surface area contributed by atoms with Crippen LogP contribution in [0, 0.1) is 0 Å². The van der Waals surface area contributed by atoms with Gasteiger partial charge in [-0.05, 0) is 20.8 Å². The maximum Gasteiger partial charge on any atom is 0.0491 e. The molecule has 0 radical (unpaired) electrons. The topological polar surface area (TPSA) is 74.2 Å². The van der Waals surface area contributed by atoms with E-state index >= 15 is 0 Å². The molecule has 0 rings (SSSR count). The summed E-state index contributed by atoms with van der Waals surface area (Å²) in [7, 11) is 10.4. The molecule has 6 nitrogen and oxygen atoms in total. The minimum Gasteiger partial charge on any atom is -0.295 e. The number of rotatable bonds is 3. The Bertz CT molecular complexity index is 344. The third-order valence-corrected chi connectivity index (χ3v) is 2.01. The molecular formula is C15H30FeN6. The van der Waals surface area contributed by atoms with Gasteiger partial charge in [-0.3, -0.25) is 30.0 Å². The fourth-order valence-corrected chi connectivity index (χ4v) is 0.734. The molecule has 22 heavy (non-hydrogen) atoms. The molecule has 0 aromatic heterocycles. The molecule has 128 valence electrons. The number of hydrogen-bond acceptors (Lipinski definition) is 6. The Labute approximate surface area is 146 Å². The van der Waals surface area contributed by atoms with E-state index in [0.717, 1.165) is 17.1 Å². The Balaban J connectivity index is -0.000000108. The molecule has 0 aliphatic rings. The van der Waals surface area contributed by atoms with Gasteiger partial charge >= 0.3 is 0 Å². The van der Waals surface area contributed by atoms with E-state index in [0.29, 0.717) is 0 Å². The number of hydrogen-bond donors (Lipinski definition) is 0. The molecule has 0 aromatic rings. The Morgan fingerprint density at radius 2 is 0.682 bits per heavy atom. The van der Waals surface area contributed by atoms with Crippen LogP contribution < -0.4 is 0 Å². The normalized spacial score (nSPS) is 12.7. The first-order chi connectivity index (χ1) is 9.92. The average Bonchev–Trinajstić information content (AvgIpc) is 2.49. The van der Waals surface area contributed by atoms with Crippen LogP contribution in [-0.4, -0.2) is 78.1 Å². The zero-order valence-electron chi connectivity index (χ0n) is 15.3.